The van der Waals surface area contributed by atoms with Crippen LogP contribution >= 0.6 is 0 Å². The molecule has 2 aromatic rings. The largest absolute Gasteiger partial charge is 0.345 e. The number of piperidine rings is 1. The topological polar surface area (TPSA) is 95.6 Å². The van der Waals surface area contributed by atoms with E-state index in [4.69, 9.17) is 0 Å². The van der Waals surface area contributed by atoms with E-state index in [9.17, 15) is 19.2 Å². The maximum absolute atomic E-state index is 13.1. The highest BCUT2D eigenvalue weighted by Crippen LogP contribution is 2.33. The molecule has 2 heterocycles. The zero-order valence-corrected chi connectivity index (χ0v) is 16.3. The summed E-state index contributed by atoms with van der Waals surface area (Å²) in [5, 5.41) is 5.41. The van der Waals surface area contributed by atoms with Crippen molar-refractivity contribution < 1.29 is 19.2 Å². The molecule has 0 radical (unpaired) electrons. The maximum atomic E-state index is 13.1. The zero-order chi connectivity index (χ0) is 20.8. The van der Waals surface area contributed by atoms with Gasteiger partial charge in [0, 0.05) is 24.1 Å². The summed E-state index contributed by atoms with van der Waals surface area (Å²) in [6.07, 6.45) is 2.27. The van der Waals surface area contributed by atoms with E-state index >= 15 is 0 Å². The first kappa shape index (κ1) is 18.5. The first-order valence-corrected chi connectivity index (χ1v) is 10.2. The van der Waals surface area contributed by atoms with E-state index in [2.05, 4.69) is 16.7 Å². The molecule has 3 aliphatic rings. The van der Waals surface area contributed by atoms with Gasteiger partial charge >= 0.3 is 0 Å². The first-order valence-electron chi connectivity index (χ1n) is 10.2. The van der Waals surface area contributed by atoms with E-state index in [-0.39, 0.29) is 36.7 Å². The second kappa shape index (κ2) is 7.09. The summed E-state index contributed by atoms with van der Waals surface area (Å²) in [7, 11) is 0. The lowest BCUT2D eigenvalue weighted by molar-refractivity contribution is -0.136. The summed E-state index contributed by atoms with van der Waals surface area (Å²) in [5.41, 5.74) is 3.93. The highest BCUT2D eigenvalue weighted by Gasteiger charge is 2.40. The smallest absolute Gasteiger partial charge is 0.255 e. The number of nitrogens with one attached hydrogen (secondary N) is 2. The van der Waals surface area contributed by atoms with Crippen molar-refractivity contribution in [2.24, 2.45) is 0 Å². The van der Waals surface area contributed by atoms with E-state index < -0.39 is 11.9 Å². The maximum Gasteiger partial charge on any atom is 0.255 e. The SMILES string of the molecule is O=C1CCC(N2Cc3c(C(=O)N[C@@H]4CCc5ccccc54)cccc3C2=O)C(=O)N1. The third-order valence-electron chi connectivity index (χ3n) is 6.26. The summed E-state index contributed by atoms with van der Waals surface area (Å²) >= 11 is 0. The van der Waals surface area contributed by atoms with Crippen molar-refractivity contribution >= 4 is 23.6 Å². The summed E-state index contributed by atoms with van der Waals surface area (Å²) in [6.45, 7) is 0.186. The molecule has 1 aliphatic carbocycles. The number of carbonyl (C=O) groups excluding carboxylic acids is 4. The van der Waals surface area contributed by atoms with E-state index in [0.29, 0.717) is 23.1 Å². The molecule has 30 heavy (non-hydrogen) atoms. The Kier molecular flexibility index (Phi) is 4.38. The Bertz CT molecular complexity index is 1090. The lowest BCUT2D eigenvalue weighted by Crippen LogP contribution is -2.52. The van der Waals surface area contributed by atoms with Crippen molar-refractivity contribution in [2.75, 3.05) is 0 Å². The number of benzene rings is 2. The number of nitrogens with zero attached hydrogens (tertiary/aromatic N) is 1. The van der Waals surface area contributed by atoms with Crippen molar-refractivity contribution in [1.82, 2.24) is 15.5 Å². The minimum atomic E-state index is -0.694. The molecule has 0 bridgehead atoms. The highest BCUT2D eigenvalue weighted by molar-refractivity contribution is 6.07. The van der Waals surface area contributed by atoms with E-state index in [1.165, 1.54) is 10.5 Å². The standard InChI is InChI=1S/C23H21N3O4/c27-20-11-10-19(22(29)25-20)26-12-17-15(6-3-7-16(17)23(26)30)21(28)24-18-9-8-13-4-1-2-5-14(13)18/h1-7,18-19H,8-12H2,(H,24,28)(H,25,27,29)/t18-,19?/m1/s1. The van der Waals surface area contributed by atoms with Crippen LogP contribution in [0.5, 0.6) is 0 Å². The van der Waals surface area contributed by atoms with Crippen LogP contribution < -0.4 is 10.6 Å². The van der Waals surface area contributed by atoms with Gasteiger partial charge in [0.2, 0.25) is 11.8 Å². The van der Waals surface area contributed by atoms with Gasteiger partial charge in [-0.3, -0.25) is 24.5 Å². The van der Waals surface area contributed by atoms with Crippen LogP contribution in [0.4, 0.5) is 0 Å². The number of aryl methyl sites for hydroxylation is 1. The van der Waals surface area contributed by atoms with E-state index in [1.807, 2.05) is 18.2 Å². The fourth-order valence-corrected chi connectivity index (χ4v) is 4.74. The van der Waals surface area contributed by atoms with Gasteiger partial charge in [-0.2, -0.15) is 0 Å². The normalized spacial score (nSPS) is 22.5. The van der Waals surface area contributed by atoms with Gasteiger partial charge in [0.15, 0.2) is 0 Å². The molecule has 7 nitrogen and oxygen atoms in total. The molecular weight excluding hydrogens is 382 g/mol. The predicted molar refractivity (Wildman–Crippen MR) is 107 cm³/mol. The van der Waals surface area contributed by atoms with E-state index in [1.54, 1.807) is 18.2 Å². The molecule has 0 aromatic heterocycles. The van der Waals surface area contributed by atoms with Gasteiger partial charge < -0.3 is 10.2 Å². The van der Waals surface area contributed by atoms with Crippen LogP contribution in [0.2, 0.25) is 0 Å². The Morgan fingerprint density at radius 1 is 1.00 bits per heavy atom. The molecule has 1 fully saturated rings. The van der Waals surface area contributed by atoms with Crippen molar-refractivity contribution in [3.05, 3.63) is 70.3 Å². The van der Waals surface area contributed by atoms with Gasteiger partial charge in [0.1, 0.15) is 6.04 Å². The fourth-order valence-electron chi connectivity index (χ4n) is 4.74. The molecule has 5 rings (SSSR count). The Hall–Kier alpha value is -3.48. The minimum absolute atomic E-state index is 0.0482. The van der Waals surface area contributed by atoms with Crippen LogP contribution in [0, 0.1) is 0 Å². The lowest BCUT2D eigenvalue weighted by Gasteiger charge is -2.29. The van der Waals surface area contributed by atoms with Crippen LogP contribution in [0.15, 0.2) is 42.5 Å². The number of amides is 4. The molecule has 2 aliphatic heterocycles. The van der Waals surface area contributed by atoms with Crippen molar-refractivity contribution in [3.8, 4) is 0 Å². The second-order valence-electron chi connectivity index (χ2n) is 8.00. The number of rotatable bonds is 3. The molecule has 0 saturated carbocycles. The zero-order valence-electron chi connectivity index (χ0n) is 16.3. The molecule has 7 heteroatoms. The van der Waals surface area contributed by atoms with Gasteiger partial charge in [0.25, 0.3) is 11.8 Å². The summed E-state index contributed by atoms with van der Waals surface area (Å²) in [6, 6.07) is 12.5. The van der Waals surface area contributed by atoms with E-state index in [0.717, 1.165) is 18.4 Å². The average Bonchev–Trinajstić information content (AvgIpc) is 3.29. The summed E-state index contributed by atoms with van der Waals surface area (Å²) < 4.78 is 0. The number of carbonyl (C=O) groups is 4. The molecule has 1 saturated heterocycles. The summed E-state index contributed by atoms with van der Waals surface area (Å²) in [5.74, 6) is -1.27. The molecule has 152 valence electrons. The Morgan fingerprint density at radius 3 is 2.67 bits per heavy atom. The van der Waals surface area contributed by atoms with Crippen LogP contribution in [-0.4, -0.2) is 34.6 Å². The lowest BCUT2D eigenvalue weighted by atomic mass is 10.0. The highest BCUT2D eigenvalue weighted by atomic mass is 16.2. The first-order chi connectivity index (χ1) is 14.5. The van der Waals surface area contributed by atoms with Gasteiger partial charge in [-0.1, -0.05) is 30.3 Å². The Labute approximate surface area is 173 Å². The van der Waals surface area contributed by atoms with Gasteiger partial charge in [-0.15, -0.1) is 0 Å². The summed E-state index contributed by atoms with van der Waals surface area (Å²) in [4.78, 5) is 51.2. The average molecular weight is 403 g/mol. The molecule has 2 aromatic carbocycles. The molecule has 0 spiro atoms. The Morgan fingerprint density at radius 2 is 1.83 bits per heavy atom. The quantitative estimate of drug-likeness (QED) is 0.765. The van der Waals surface area contributed by atoms with Crippen LogP contribution in [-0.2, 0) is 22.6 Å². The molecule has 2 N–H and O–H groups in total. The number of imide groups is 1. The van der Waals surface area contributed by atoms with Crippen LogP contribution in [0.3, 0.4) is 0 Å². The molecule has 4 amide bonds. The van der Waals surface area contributed by atoms with Crippen LogP contribution in [0.25, 0.3) is 0 Å². The fraction of sp³-hybridized carbons (Fsp3) is 0.304. The second-order valence-corrected chi connectivity index (χ2v) is 8.00. The minimum Gasteiger partial charge on any atom is -0.345 e. The van der Waals surface area contributed by atoms with Gasteiger partial charge in [0.05, 0.1) is 6.04 Å². The number of hydrogen-bond donors (Lipinski definition) is 2. The predicted octanol–water partition coefficient (Wildman–Crippen LogP) is 1.86. The van der Waals surface area contributed by atoms with Crippen molar-refractivity contribution in [1.29, 1.82) is 0 Å². The molecular formula is C23H21N3O4. The van der Waals surface area contributed by atoms with Gasteiger partial charge in [-0.05, 0) is 48.1 Å². The Balaban J connectivity index is 1.39. The van der Waals surface area contributed by atoms with Crippen molar-refractivity contribution in [2.45, 2.75) is 44.3 Å². The molecule has 1 unspecified atom stereocenters. The third kappa shape index (κ3) is 2.98. The molecule has 2 atom stereocenters. The van der Waals surface area contributed by atoms with Gasteiger partial charge in [-0.25, -0.2) is 0 Å². The third-order valence-corrected chi connectivity index (χ3v) is 6.26. The van der Waals surface area contributed by atoms with Crippen molar-refractivity contribution in [3.63, 3.8) is 0 Å². The number of fused-ring (bicyclic) bond motifs is 2. The van der Waals surface area contributed by atoms with Crippen LogP contribution in [0.1, 0.15) is 62.7 Å². The monoisotopic (exact) mass is 403 g/mol. The number of hydrogen-bond acceptors (Lipinski definition) is 4.